The SMILES string of the molecule is CC(=O)Nc1ccc2c(c1)CN(c1ccc([N+](=O)[O-])cc1C)CO2. The molecule has 7 nitrogen and oxygen atoms in total. The first-order chi connectivity index (χ1) is 11.4. The van der Waals surface area contributed by atoms with Gasteiger partial charge < -0.3 is 15.0 Å². The van der Waals surface area contributed by atoms with Crippen LogP contribution in [-0.4, -0.2) is 17.6 Å². The molecule has 1 heterocycles. The lowest BCUT2D eigenvalue weighted by atomic mass is 10.1. The fraction of sp³-hybridized carbons (Fsp3) is 0.235. The highest BCUT2D eigenvalue weighted by atomic mass is 16.6. The van der Waals surface area contributed by atoms with Crippen molar-refractivity contribution >= 4 is 23.0 Å². The minimum absolute atomic E-state index is 0.0718. The molecule has 0 radical (unpaired) electrons. The van der Waals surface area contributed by atoms with Crippen molar-refractivity contribution in [3.05, 3.63) is 57.6 Å². The Labute approximate surface area is 139 Å². The van der Waals surface area contributed by atoms with Crippen LogP contribution in [0, 0.1) is 17.0 Å². The van der Waals surface area contributed by atoms with E-state index in [2.05, 4.69) is 5.32 Å². The number of carbonyl (C=O) groups is 1. The summed E-state index contributed by atoms with van der Waals surface area (Å²) in [6, 6.07) is 10.3. The van der Waals surface area contributed by atoms with Gasteiger partial charge in [0, 0.05) is 42.5 Å². The maximum atomic E-state index is 11.2. The Bertz CT molecular complexity index is 819. The van der Waals surface area contributed by atoms with Gasteiger partial charge in [-0.15, -0.1) is 0 Å². The lowest BCUT2D eigenvalue weighted by Crippen LogP contribution is -2.32. The molecule has 0 aliphatic carbocycles. The van der Waals surface area contributed by atoms with Crippen molar-refractivity contribution in [2.24, 2.45) is 0 Å². The second kappa shape index (κ2) is 6.19. The topological polar surface area (TPSA) is 84.7 Å². The van der Waals surface area contributed by atoms with Gasteiger partial charge in [-0.05, 0) is 36.8 Å². The molecule has 2 aromatic carbocycles. The van der Waals surface area contributed by atoms with Crippen LogP contribution in [0.4, 0.5) is 17.1 Å². The molecule has 0 aromatic heterocycles. The molecular weight excluding hydrogens is 310 g/mol. The van der Waals surface area contributed by atoms with Crippen LogP contribution >= 0.6 is 0 Å². The Morgan fingerprint density at radius 3 is 2.75 bits per heavy atom. The van der Waals surface area contributed by atoms with E-state index in [9.17, 15) is 14.9 Å². The molecule has 0 saturated carbocycles. The largest absolute Gasteiger partial charge is 0.473 e. The number of benzene rings is 2. The van der Waals surface area contributed by atoms with E-state index in [1.165, 1.54) is 13.0 Å². The fourth-order valence-electron chi connectivity index (χ4n) is 2.79. The number of aryl methyl sites for hydroxylation is 1. The molecule has 1 N–H and O–H groups in total. The number of amides is 1. The van der Waals surface area contributed by atoms with Gasteiger partial charge in [0.25, 0.3) is 5.69 Å². The third-order valence-corrected chi connectivity index (χ3v) is 3.85. The van der Waals surface area contributed by atoms with Gasteiger partial charge >= 0.3 is 0 Å². The van der Waals surface area contributed by atoms with E-state index >= 15 is 0 Å². The summed E-state index contributed by atoms with van der Waals surface area (Å²) in [5, 5.41) is 13.6. The number of hydrogen-bond acceptors (Lipinski definition) is 5. The number of rotatable bonds is 3. The Kier molecular flexibility index (Phi) is 4.07. The molecule has 0 saturated heterocycles. The molecule has 7 heteroatoms. The molecule has 24 heavy (non-hydrogen) atoms. The number of nitrogens with one attached hydrogen (secondary N) is 1. The maximum absolute atomic E-state index is 11.2. The molecule has 1 aliphatic rings. The van der Waals surface area contributed by atoms with Crippen molar-refractivity contribution in [1.82, 2.24) is 0 Å². The average Bonchev–Trinajstić information content (AvgIpc) is 2.53. The highest BCUT2D eigenvalue weighted by Gasteiger charge is 2.20. The fourth-order valence-corrected chi connectivity index (χ4v) is 2.79. The molecule has 124 valence electrons. The van der Waals surface area contributed by atoms with Crippen LogP contribution in [0.2, 0.25) is 0 Å². The summed E-state index contributed by atoms with van der Waals surface area (Å²) >= 11 is 0. The predicted molar refractivity (Wildman–Crippen MR) is 90.3 cm³/mol. The van der Waals surface area contributed by atoms with Crippen LogP contribution in [0.3, 0.4) is 0 Å². The normalized spacial score (nSPS) is 13.0. The number of non-ortho nitro benzene ring substituents is 1. The van der Waals surface area contributed by atoms with Gasteiger partial charge in [-0.1, -0.05) is 0 Å². The number of hydrogen-bond donors (Lipinski definition) is 1. The van der Waals surface area contributed by atoms with Crippen molar-refractivity contribution in [1.29, 1.82) is 0 Å². The first-order valence-electron chi connectivity index (χ1n) is 7.47. The number of ether oxygens (including phenoxy) is 1. The van der Waals surface area contributed by atoms with Crippen molar-refractivity contribution < 1.29 is 14.5 Å². The Hall–Kier alpha value is -3.09. The molecule has 1 amide bonds. The van der Waals surface area contributed by atoms with Gasteiger partial charge in [0.2, 0.25) is 5.91 Å². The summed E-state index contributed by atoms with van der Waals surface area (Å²) in [5.74, 6) is 0.648. The highest BCUT2D eigenvalue weighted by Crippen LogP contribution is 2.32. The van der Waals surface area contributed by atoms with Crippen molar-refractivity contribution in [2.75, 3.05) is 16.9 Å². The summed E-state index contributed by atoms with van der Waals surface area (Å²) in [7, 11) is 0. The van der Waals surface area contributed by atoms with Gasteiger partial charge in [-0.3, -0.25) is 14.9 Å². The quantitative estimate of drug-likeness (QED) is 0.691. The Balaban J connectivity index is 1.86. The number of anilines is 2. The summed E-state index contributed by atoms with van der Waals surface area (Å²) in [5.41, 5.74) is 3.44. The zero-order valence-electron chi connectivity index (χ0n) is 13.4. The van der Waals surface area contributed by atoms with E-state index < -0.39 is 4.92 Å². The van der Waals surface area contributed by atoms with Gasteiger partial charge in [-0.2, -0.15) is 0 Å². The summed E-state index contributed by atoms with van der Waals surface area (Å²) < 4.78 is 5.76. The molecule has 0 atom stereocenters. The highest BCUT2D eigenvalue weighted by molar-refractivity contribution is 5.88. The van der Waals surface area contributed by atoms with Gasteiger partial charge in [0.1, 0.15) is 5.75 Å². The van der Waals surface area contributed by atoms with Crippen LogP contribution in [0.1, 0.15) is 18.1 Å². The zero-order valence-corrected chi connectivity index (χ0v) is 13.4. The predicted octanol–water partition coefficient (Wildman–Crippen LogP) is 3.22. The molecule has 0 fully saturated rings. The third-order valence-electron chi connectivity index (χ3n) is 3.85. The maximum Gasteiger partial charge on any atom is 0.269 e. The third kappa shape index (κ3) is 3.15. The Morgan fingerprint density at radius 2 is 2.08 bits per heavy atom. The number of carbonyl (C=O) groups excluding carboxylic acids is 1. The molecule has 3 rings (SSSR count). The molecular formula is C17H17N3O4. The smallest absolute Gasteiger partial charge is 0.269 e. The van der Waals surface area contributed by atoms with Crippen molar-refractivity contribution in [3.8, 4) is 5.75 Å². The van der Waals surface area contributed by atoms with Crippen LogP contribution in [-0.2, 0) is 11.3 Å². The Morgan fingerprint density at radius 1 is 1.29 bits per heavy atom. The van der Waals surface area contributed by atoms with Crippen LogP contribution in [0.5, 0.6) is 5.75 Å². The summed E-state index contributed by atoms with van der Waals surface area (Å²) in [6.45, 7) is 4.26. The molecule has 1 aliphatic heterocycles. The standard InChI is InChI=1S/C17H17N3O4/c1-11-7-15(20(22)23)4-5-16(11)19-9-13-8-14(18-12(2)21)3-6-17(13)24-10-19/h3-8H,9-10H2,1-2H3,(H,18,21). The first kappa shape index (κ1) is 15.8. The number of nitro groups is 1. The van der Waals surface area contributed by atoms with E-state index in [0.717, 1.165) is 22.6 Å². The van der Waals surface area contributed by atoms with Crippen LogP contribution in [0.25, 0.3) is 0 Å². The minimum Gasteiger partial charge on any atom is -0.473 e. The minimum atomic E-state index is -0.404. The number of nitrogens with zero attached hydrogens (tertiary/aromatic N) is 2. The average molecular weight is 327 g/mol. The lowest BCUT2D eigenvalue weighted by molar-refractivity contribution is -0.384. The monoisotopic (exact) mass is 327 g/mol. The molecule has 0 bridgehead atoms. The van der Waals surface area contributed by atoms with Gasteiger partial charge in [-0.25, -0.2) is 0 Å². The van der Waals surface area contributed by atoms with E-state index in [4.69, 9.17) is 4.74 Å². The second-order valence-electron chi connectivity index (χ2n) is 5.70. The molecule has 2 aromatic rings. The van der Waals surface area contributed by atoms with Crippen LogP contribution in [0.15, 0.2) is 36.4 Å². The van der Waals surface area contributed by atoms with Gasteiger partial charge in [0.05, 0.1) is 4.92 Å². The van der Waals surface area contributed by atoms with Gasteiger partial charge in [0.15, 0.2) is 6.73 Å². The summed E-state index contributed by atoms with van der Waals surface area (Å²) in [4.78, 5) is 23.6. The summed E-state index contributed by atoms with van der Waals surface area (Å²) in [6.07, 6.45) is 0. The lowest BCUT2D eigenvalue weighted by Gasteiger charge is -2.32. The van der Waals surface area contributed by atoms with Crippen molar-refractivity contribution in [2.45, 2.75) is 20.4 Å². The van der Waals surface area contributed by atoms with E-state index in [0.29, 0.717) is 19.0 Å². The molecule has 0 spiro atoms. The van der Waals surface area contributed by atoms with E-state index in [1.807, 2.05) is 24.0 Å². The first-order valence-corrected chi connectivity index (χ1v) is 7.47. The zero-order chi connectivity index (χ0) is 17.3. The van der Waals surface area contributed by atoms with E-state index in [1.54, 1.807) is 18.2 Å². The molecule has 0 unspecified atom stereocenters. The number of fused-ring (bicyclic) bond motifs is 1. The number of nitro benzene ring substituents is 1. The van der Waals surface area contributed by atoms with Crippen molar-refractivity contribution in [3.63, 3.8) is 0 Å². The van der Waals surface area contributed by atoms with Crippen LogP contribution < -0.4 is 15.0 Å². The van der Waals surface area contributed by atoms with E-state index in [-0.39, 0.29) is 11.6 Å². The second-order valence-corrected chi connectivity index (χ2v) is 5.70.